The molecule has 0 bridgehead atoms. The second-order valence-corrected chi connectivity index (χ2v) is 8.53. The second-order valence-electron chi connectivity index (χ2n) is 8.53. The van der Waals surface area contributed by atoms with Gasteiger partial charge in [0.25, 0.3) is 0 Å². The van der Waals surface area contributed by atoms with E-state index >= 15 is 0 Å². The lowest BCUT2D eigenvalue weighted by Crippen LogP contribution is -2.59. The van der Waals surface area contributed by atoms with E-state index in [1.54, 1.807) is 0 Å². The van der Waals surface area contributed by atoms with E-state index in [0.29, 0.717) is 6.04 Å². The first kappa shape index (κ1) is 17.2. The van der Waals surface area contributed by atoms with E-state index in [-0.39, 0.29) is 11.2 Å². The van der Waals surface area contributed by atoms with E-state index in [9.17, 15) is 0 Å². The van der Waals surface area contributed by atoms with Crippen LogP contribution >= 0.6 is 0 Å². The fourth-order valence-corrected chi connectivity index (χ4v) is 4.72. The first-order chi connectivity index (χ1) is 9.74. The molecule has 1 saturated heterocycles. The molecule has 3 heteroatoms. The zero-order valence-corrected chi connectivity index (χ0v) is 15.0. The minimum absolute atomic E-state index is 0.0320. The Balaban J connectivity index is 2.00. The van der Waals surface area contributed by atoms with Gasteiger partial charge in [-0.2, -0.15) is 0 Å². The SMILES string of the molecule is CCC1CCC(NC)C(CN2CC(C)(C)OC(C)(C)C2)C1. The van der Waals surface area contributed by atoms with Gasteiger partial charge in [0.2, 0.25) is 0 Å². The smallest absolute Gasteiger partial charge is 0.0760 e. The first-order valence-electron chi connectivity index (χ1n) is 8.84. The number of hydrogen-bond acceptors (Lipinski definition) is 3. The van der Waals surface area contributed by atoms with Crippen molar-refractivity contribution in [2.24, 2.45) is 11.8 Å². The van der Waals surface area contributed by atoms with Crippen LogP contribution in [0.3, 0.4) is 0 Å². The molecule has 124 valence electrons. The van der Waals surface area contributed by atoms with Crippen molar-refractivity contribution < 1.29 is 4.74 Å². The van der Waals surface area contributed by atoms with Crippen molar-refractivity contribution in [1.82, 2.24) is 10.2 Å². The van der Waals surface area contributed by atoms with Crippen LogP contribution in [0.1, 0.15) is 60.3 Å². The zero-order chi connectivity index (χ0) is 15.7. The minimum Gasteiger partial charge on any atom is -0.367 e. The Morgan fingerprint density at radius 3 is 2.24 bits per heavy atom. The van der Waals surface area contributed by atoms with Crippen LogP contribution in [0.25, 0.3) is 0 Å². The molecule has 1 heterocycles. The molecule has 21 heavy (non-hydrogen) atoms. The zero-order valence-electron chi connectivity index (χ0n) is 15.0. The highest BCUT2D eigenvalue weighted by Gasteiger charge is 2.40. The molecule has 1 aliphatic carbocycles. The fraction of sp³-hybridized carbons (Fsp3) is 1.00. The summed E-state index contributed by atoms with van der Waals surface area (Å²) < 4.78 is 6.22. The lowest BCUT2D eigenvalue weighted by Gasteiger charge is -2.49. The van der Waals surface area contributed by atoms with Gasteiger partial charge in [-0.05, 0) is 65.8 Å². The summed E-state index contributed by atoms with van der Waals surface area (Å²) in [5.74, 6) is 1.72. The third kappa shape index (κ3) is 4.67. The van der Waals surface area contributed by atoms with Gasteiger partial charge < -0.3 is 10.1 Å². The average molecular weight is 296 g/mol. The highest BCUT2D eigenvalue weighted by atomic mass is 16.5. The number of rotatable bonds is 4. The van der Waals surface area contributed by atoms with Crippen molar-refractivity contribution in [3.63, 3.8) is 0 Å². The molecule has 2 fully saturated rings. The molecule has 0 aromatic carbocycles. The molecule has 0 aromatic rings. The third-order valence-corrected chi connectivity index (χ3v) is 5.29. The standard InChI is InChI=1S/C18H36N2O/c1-7-14-8-9-16(19-6)15(10-14)11-20-12-17(2,3)21-18(4,5)13-20/h14-16,19H,7-13H2,1-6H3. The minimum atomic E-state index is -0.0320. The summed E-state index contributed by atoms with van der Waals surface area (Å²) >= 11 is 0. The molecular formula is C18H36N2O. The molecule has 3 unspecified atom stereocenters. The Morgan fingerprint density at radius 1 is 1.10 bits per heavy atom. The van der Waals surface area contributed by atoms with Crippen molar-refractivity contribution in [2.75, 3.05) is 26.7 Å². The number of nitrogens with one attached hydrogen (secondary N) is 1. The molecule has 2 rings (SSSR count). The quantitative estimate of drug-likeness (QED) is 0.861. The monoisotopic (exact) mass is 296 g/mol. The highest BCUT2D eigenvalue weighted by Crippen LogP contribution is 2.34. The Morgan fingerprint density at radius 2 is 1.71 bits per heavy atom. The van der Waals surface area contributed by atoms with Crippen molar-refractivity contribution in [1.29, 1.82) is 0 Å². The lowest BCUT2D eigenvalue weighted by atomic mass is 9.76. The number of ether oxygens (including phenoxy) is 1. The van der Waals surface area contributed by atoms with Crippen molar-refractivity contribution in [3.05, 3.63) is 0 Å². The molecule has 1 aliphatic heterocycles. The Kier molecular flexibility index (Phi) is 5.38. The molecule has 2 aliphatic rings. The summed E-state index contributed by atoms with van der Waals surface area (Å²) in [6.07, 6.45) is 5.47. The molecule has 3 nitrogen and oxygen atoms in total. The molecule has 0 aromatic heterocycles. The van der Waals surface area contributed by atoms with Gasteiger partial charge in [-0.1, -0.05) is 13.3 Å². The van der Waals surface area contributed by atoms with E-state index in [1.165, 1.54) is 32.2 Å². The van der Waals surface area contributed by atoms with Crippen molar-refractivity contribution in [3.8, 4) is 0 Å². The molecule has 0 amide bonds. The molecular weight excluding hydrogens is 260 g/mol. The van der Waals surface area contributed by atoms with E-state index in [1.807, 2.05) is 0 Å². The fourth-order valence-electron chi connectivity index (χ4n) is 4.72. The normalized spacial score (nSPS) is 36.6. The topological polar surface area (TPSA) is 24.5 Å². The van der Waals surface area contributed by atoms with Crippen LogP contribution in [-0.2, 0) is 4.74 Å². The molecule has 1 saturated carbocycles. The van der Waals surface area contributed by atoms with Gasteiger partial charge in [0.1, 0.15) is 0 Å². The summed E-state index contributed by atoms with van der Waals surface area (Å²) in [5, 5.41) is 3.57. The maximum atomic E-state index is 6.22. The van der Waals surface area contributed by atoms with Crippen LogP contribution in [-0.4, -0.2) is 48.8 Å². The molecule has 0 radical (unpaired) electrons. The average Bonchev–Trinajstić information content (AvgIpc) is 2.34. The largest absolute Gasteiger partial charge is 0.367 e. The summed E-state index contributed by atoms with van der Waals surface area (Å²) in [6.45, 7) is 14.6. The molecule has 0 spiro atoms. The van der Waals surface area contributed by atoms with Gasteiger partial charge >= 0.3 is 0 Å². The van der Waals surface area contributed by atoms with Gasteiger partial charge in [-0.15, -0.1) is 0 Å². The van der Waals surface area contributed by atoms with Gasteiger partial charge in [-0.25, -0.2) is 0 Å². The van der Waals surface area contributed by atoms with Crippen LogP contribution in [0.5, 0.6) is 0 Å². The summed E-state index contributed by atoms with van der Waals surface area (Å²) in [7, 11) is 2.14. The maximum absolute atomic E-state index is 6.22. The Bertz CT molecular complexity index is 324. The highest BCUT2D eigenvalue weighted by molar-refractivity contribution is 4.92. The lowest BCUT2D eigenvalue weighted by molar-refractivity contribution is -0.183. The third-order valence-electron chi connectivity index (χ3n) is 5.29. The summed E-state index contributed by atoms with van der Waals surface area (Å²) in [6, 6.07) is 0.696. The van der Waals surface area contributed by atoms with E-state index in [2.05, 4.69) is 51.9 Å². The van der Waals surface area contributed by atoms with Gasteiger partial charge in [0.05, 0.1) is 11.2 Å². The first-order valence-corrected chi connectivity index (χ1v) is 8.84. The number of morpholine rings is 1. The maximum Gasteiger partial charge on any atom is 0.0760 e. The summed E-state index contributed by atoms with van der Waals surface area (Å²) in [4.78, 5) is 2.65. The van der Waals surface area contributed by atoms with Gasteiger partial charge in [0, 0.05) is 25.7 Å². The second kappa shape index (κ2) is 6.55. The number of hydrogen-bond donors (Lipinski definition) is 1. The van der Waals surface area contributed by atoms with E-state index in [4.69, 9.17) is 4.74 Å². The van der Waals surface area contributed by atoms with Crippen LogP contribution in [0.2, 0.25) is 0 Å². The Hall–Kier alpha value is -0.120. The molecule has 3 atom stereocenters. The predicted molar refractivity (Wildman–Crippen MR) is 89.7 cm³/mol. The van der Waals surface area contributed by atoms with Crippen LogP contribution in [0.15, 0.2) is 0 Å². The van der Waals surface area contributed by atoms with Gasteiger partial charge in [-0.3, -0.25) is 4.90 Å². The van der Waals surface area contributed by atoms with Gasteiger partial charge in [0.15, 0.2) is 0 Å². The van der Waals surface area contributed by atoms with Crippen LogP contribution in [0, 0.1) is 11.8 Å². The van der Waals surface area contributed by atoms with E-state index < -0.39 is 0 Å². The predicted octanol–water partition coefficient (Wildman–Crippen LogP) is 3.29. The Labute approximate surface area is 131 Å². The van der Waals surface area contributed by atoms with Crippen molar-refractivity contribution >= 4 is 0 Å². The van der Waals surface area contributed by atoms with E-state index in [0.717, 1.165) is 24.9 Å². The molecule has 1 N–H and O–H groups in total. The summed E-state index contributed by atoms with van der Waals surface area (Å²) in [5.41, 5.74) is -0.0641. The van der Waals surface area contributed by atoms with Crippen LogP contribution < -0.4 is 5.32 Å². The van der Waals surface area contributed by atoms with Crippen molar-refractivity contribution in [2.45, 2.75) is 77.5 Å². The van der Waals surface area contributed by atoms with Crippen LogP contribution in [0.4, 0.5) is 0 Å². The number of nitrogens with zero attached hydrogens (tertiary/aromatic N) is 1.